The summed E-state index contributed by atoms with van der Waals surface area (Å²) in [6.07, 6.45) is 0. The Hall–Kier alpha value is -7.64. The average molecular weight is 720 g/mol. The van der Waals surface area contributed by atoms with Crippen molar-refractivity contribution < 1.29 is 0 Å². The van der Waals surface area contributed by atoms with Crippen LogP contribution in [0.5, 0.6) is 0 Å². The van der Waals surface area contributed by atoms with Crippen molar-refractivity contribution in [3.63, 3.8) is 0 Å². The summed E-state index contributed by atoms with van der Waals surface area (Å²) in [5, 5.41) is 2.25. The first-order valence-corrected chi connectivity index (χ1v) is 18.5. The number of fused-ring (bicyclic) bond motifs is 3. The zero-order valence-corrected chi connectivity index (χ0v) is 30.5. The van der Waals surface area contributed by atoms with Gasteiger partial charge in [0, 0.05) is 49.8 Å². The van der Waals surface area contributed by atoms with Crippen LogP contribution in [0.15, 0.2) is 182 Å². The first-order valence-electron chi connectivity index (χ1n) is 18.5. The van der Waals surface area contributed by atoms with E-state index in [1.807, 2.05) is 103 Å². The molecule has 0 amide bonds. The van der Waals surface area contributed by atoms with E-state index in [-0.39, 0.29) is 0 Å². The van der Waals surface area contributed by atoms with Gasteiger partial charge in [-0.15, -0.1) is 0 Å². The molecule has 264 valence electrons. The molecular formula is C49H33N7. The van der Waals surface area contributed by atoms with Crippen molar-refractivity contribution in [2.75, 3.05) is 0 Å². The third-order valence-electron chi connectivity index (χ3n) is 9.96. The fraction of sp³-hybridized carbons (Fsp3) is 0.0204. The zero-order valence-electron chi connectivity index (χ0n) is 30.5. The van der Waals surface area contributed by atoms with Gasteiger partial charge in [-0.2, -0.15) is 0 Å². The normalized spacial score (nSPS) is 11.3. The van der Waals surface area contributed by atoms with Gasteiger partial charge in [-0.05, 0) is 61.5 Å². The third-order valence-corrected chi connectivity index (χ3v) is 9.96. The summed E-state index contributed by atoms with van der Waals surface area (Å²) < 4.78 is 2.30. The van der Waals surface area contributed by atoms with Gasteiger partial charge < -0.3 is 4.57 Å². The molecule has 0 radical (unpaired) electrons. The number of hydrogen-bond acceptors (Lipinski definition) is 6. The highest BCUT2D eigenvalue weighted by atomic mass is 15.0. The average Bonchev–Trinajstić information content (AvgIpc) is 3.61. The molecule has 7 heteroatoms. The number of para-hydroxylation sites is 1. The molecule has 3 heterocycles. The molecule has 0 unspecified atom stereocenters. The molecular weight excluding hydrogens is 687 g/mol. The van der Waals surface area contributed by atoms with Crippen LogP contribution in [-0.2, 0) is 0 Å². The van der Waals surface area contributed by atoms with Crippen LogP contribution in [0, 0.1) is 6.92 Å². The lowest BCUT2D eigenvalue weighted by molar-refractivity contribution is 1.07. The predicted molar refractivity (Wildman–Crippen MR) is 225 cm³/mol. The van der Waals surface area contributed by atoms with Crippen LogP contribution in [0.3, 0.4) is 0 Å². The van der Waals surface area contributed by atoms with Gasteiger partial charge >= 0.3 is 0 Å². The van der Waals surface area contributed by atoms with Crippen molar-refractivity contribution in [1.29, 1.82) is 0 Å². The number of nitrogens with zero attached hydrogens (tertiary/aromatic N) is 7. The van der Waals surface area contributed by atoms with E-state index in [9.17, 15) is 0 Å². The Labute approximate surface area is 323 Å². The minimum atomic E-state index is 0.619. The van der Waals surface area contributed by atoms with Gasteiger partial charge in [-0.3, -0.25) is 0 Å². The number of aryl methyl sites for hydroxylation is 1. The molecule has 0 aliphatic carbocycles. The monoisotopic (exact) mass is 719 g/mol. The summed E-state index contributed by atoms with van der Waals surface area (Å²) in [5.74, 6) is 3.80. The smallest absolute Gasteiger partial charge is 0.164 e. The lowest BCUT2D eigenvalue weighted by atomic mass is 10.1. The van der Waals surface area contributed by atoms with Crippen molar-refractivity contribution in [2.45, 2.75) is 6.92 Å². The second-order valence-corrected chi connectivity index (χ2v) is 13.7. The zero-order chi connectivity index (χ0) is 37.4. The van der Waals surface area contributed by atoms with E-state index >= 15 is 0 Å². The first kappa shape index (κ1) is 33.0. The van der Waals surface area contributed by atoms with Crippen molar-refractivity contribution >= 4 is 21.8 Å². The summed E-state index contributed by atoms with van der Waals surface area (Å²) in [6.45, 7) is 2.08. The van der Waals surface area contributed by atoms with Crippen LogP contribution in [-0.4, -0.2) is 34.5 Å². The van der Waals surface area contributed by atoms with Gasteiger partial charge in [-0.25, -0.2) is 29.9 Å². The second-order valence-electron chi connectivity index (χ2n) is 13.7. The fourth-order valence-corrected chi connectivity index (χ4v) is 7.22. The molecule has 7 nitrogen and oxygen atoms in total. The highest BCUT2D eigenvalue weighted by molar-refractivity contribution is 6.10. The van der Waals surface area contributed by atoms with Crippen molar-refractivity contribution in [3.8, 4) is 74.0 Å². The molecule has 0 fully saturated rings. The Bertz CT molecular complexity index is 2960. The second kappa shape index (κ2) is 14.0. The van der Waals surface area contributed by atoms with Crippen LogP contribution in [0.2, 0.25) is 0 Å². The molecule has 7 aromatic carbocycles. The number of aromatic nitrogens is 7. The van der Waals surface area contributed by atoms with Gasteiger partial charge in [0.05, 0.1) is 11.0 Å². The molecule has 0 saturated carbocycles. The quantitative estimate of drug-likeness (QED) is 0.163. The minimum absolute atomic E-state index is 0.619. The van der Waals surface area contributed by atoms with Gasteiger partial charge in [-0.1, -0.05) is 133 Å². The van der Waals surface area contributed by atoms with Crippen LogP contribution in [0.1, 0.15) is 5.56 Å². The third kappa shape index (κ3) is 6.17. The SMILES string of the molecule is Cc1cccc(-c2nc(-c3ccccc3)nc(-c3ccc4c(c3)c3ccccc3n4-c3ccc(-c4nc(-c5ccccc5)nc(-c5ccccc5)n4)cc3)n2)c1. The van der Waals surface area contributed by atoms with E-state index in [0.717, 1.165) is 66.4 Å². The standard InChI is InChI=1S/C49H33N7/c1-32-14-13-21-37(30-32)48-53-46(35-19-9-4-10-20-35)54-49(55-48)38-26-29-43-41(31-38)40-22-11-12-23-42(40)56(43)39-27-24-36(25-28-39)47-51-44(33-15-5-2-6-16-33)50-45(52-47)34-17-7-3-8-18-34/h2-31H,1H3. The maximum absolute atomic E-state index is 5.04. The highest BCUT2D eigenvalue weighted by Gasteiger charge is 2.18. The summed E-state index contributed by atoms with van der Waals surface area (Å²) in [4.78, 5) is 29.7. The van der Waals surface area contributed by atoms with E-state index in [4.69, 9.17) is 29.9 Å². The van der Waals surface area contributed by atoms with E-state index in [2.05, 4.69) is 90.4 Å². The molecule has 56 heavy (non-hydrogen) atoms. The lowest BCUT2D eigenvalue weighted by Crippen LogP contribution is -2.01. The molecule has 0 saturated heterocycles. The summed E-state index contributed by atoms with van der Waals surface area (Å²) in [5.41, 5.74) is 9.96. The number of benzene rings is 7. The van der Waals surface area contributed by atoms with Crippen LogP contribution < -0.4 is 0 Å². The summed E-state index contributed by atoms with van der Waals surface area (Å²) >= 11 is 0. The number of rotatable bonds is 7. The Morgan fingerprint density at radius 3 is 1.21 bits per heavy atom. The molecule has 0 bridgehead atoms. The Morgan fingerprint density at radius 1 is 0.304 bits per heavy atom. The van der Waals surface area contributed by atoms with Crippen LogP contribution in [0.4, 0.5) is 0 Å². The molecule has 0 aliphatic heterocycles. The maximum Gasteiger partial charge on any atom is 0.164 e. The molecule has 0 atom stereocenters. The Kier molecular flexibility index (Phi) is 8.22. The Balaban J connectivity index is 1.08. The number of hydrogen-bond donors (Lipinski definition) is 0. The fourth-order valence-electron chi connectivity index (χ4n) is 7.22. The van der Waals surface area contributed by atoms with E-state index in [1.54, 1.807) is 0 Å². The topological polar surface area (TPSA) is 82.3 Å². The molecule has 0 aliphatic rings. The predicted octanol–water partition coefficient (Wildman–Crippen LogP) is 11.5. The molecule has 0 spiro atoms. The molecule has 0 N–H and O–H groups in total. The largest absolute Gasteiger partial charge is 0.309 e. The van der Waals surface area contributed by atoms with Gasteiger partial charge in [0.15, 0.2) is 34.9 Å². The minimum Gasteiger partial charge on any atom is -0.309 e. The van der Waals surface area contributed by atoms with Gasteiger partial charge in [0.1, 0.15) is 0 Å². The van der Waals surface area contributed by atoms with E-state index < -0.39 is 0 Å². The molecule has 10 rings (SSSR count). The van der Waals surface area contributed by atoms with E-state index in [1.165, 1.54) is 0 Å². The van der Waals surface area contributed by atoms with Crippen molar-refractivity contribution in [1.82, 2.24) is 34.5 Å². The Morgan fingerprint density at radius 2 is 0.696 bits per heavy atom. The van der Waals surface area contributed by atoms with Gasteiger partial charge in [0.2, 0.25) is 0 Å². The maximum atomic E-state index is 5.04. The van der Waals surface area contributed by atoms with Crippen molar-refractivity contribution in [2.24, 2.45) is 0 Å². The first-order chi connectivity index (χ1) is 27.6. The van der Waals surface area contributed by atoms with Crippen molar-refractivity contribution in [3.05, 3.63) is 188 Å². The molecule has 3 aromatic heterocycles. The van der Waals surface area contributed by atoms with E-state index in [0.29, 0.717) is 34.9 Å². The lowest BCUT2D eigenvalue weighted by Gasteiger charge is -2.11. The summed E-state index contributed by atoms with van der Waals surface area (Å²) in [6, 6.07) is 61.9. The molecule has 10 aromatic rings. The van der Waals surface area contributed by atoms with Crippen LogP contribution >= 0.6 is 0 Å². The highest BCUT2D eigenvalue weighted by Crippen LogP contribution is 2.36. The van der Waals surface area contributed by atoms with Gasteiger partial charge in [0.25, 0.3) is 0 Å². The van der Waals surface area contributed by atoms with Crippen LogP contribution in [0.25, 0.3) is 95.8 Å². The summed E-state index contributed by atoms with van der Waals surface area (Å²) in [7, 11) is 0.